The normalized spacial score (nSPS) is 32.3. The van der Waals surface area contributed by atoms with Gasteiger partial charge in [0, 0.05) is 6.20 Å². The minimum atomic E-state index is -3.03. The highest BCUT2D eigenvalue weighted by Gasteiger charge is 2.57. The number of aliphatic hydroxyl groups is 2. The van der Waals surface area contributed by atoms with Crippen molar-refractivity contribution in [3.8, 4) is 12.3 Å². The average Bonchev–Trinajstić information content (AvgIpc) is 2.72. The predicted octanol–water partition coefficient (Wildman–Crippen LogP) is -1.04. The molecule has 1 saturated heterocycles. The summed E-state index contributed by atoms with van der Waals surface area (Å²) in [6.07, 6.45) is -0.158. The van der Waals surface area contributed by atoms with Gasteiger partial charge < -0.3 is 20.7 Å². The fourth-order valence-corrected chi connectivity index (χ4v) is 2.25. The summed E-state index contributed by atoms with van der Waals surface area (Å²) in [5.74, 6) is 0.0921. The lowest BCUT2D eigenvalue weighted by atomic mass is 9.91. The lowest BCUT2D eigenvalue weighted by Gasteiger charge is -2.24. The standard InChI is InChI=1S/C12H13F2N3O4/c1-2-12(5-18)8(19)7(9(13)14)10(21-12)17-4-3-6(15)16-11(17)20/h1,3-4,7-10,18-19H,5H2,(H2,15,16,20)/t7-,8-,10+,12+/m0/s1. The van der Waals surface area contributed by atoms with Crippen molar-refractivity contribution in [2.75, 3.05) is 12.3 Å². The predicted molar refractivity (Wildman–Crippen MR) is 67.2 cm³/mol. The number of nitrogen functional groups attached to an aromatic ring is 1. The quantitative estimate of drug-likeness (QED) is 0.615. The van der Waals surface area contributed by atoms with Crippen LogP contribution in [-0.4, -0.2) is 44.5 Å². The highest BCUT2D eigenvalue weighted by atomic mass is 19.3. The fourth-order valence-electron chi connectivity index (χ4n) is 2.25. The summed E-state index contributed by atoms with van der Waals surface area (Å²) in [6.45, 7) is -0.873. The molecular formula is C12H13F2N3O4. The molecule has 1 aromatic rings. The number of hydrogen-bond donors (Lipinski definition) is 3. The van der Waals surface area contributed by atoms with E-state index in [4.69, 9.17) is 16.9 Å². The van der Waals surface area contributed by atoms with Crippen molar-refractivity contribution in [1.29, 1.82) is 0 Å². The fraction of sp³-hybridized carbons (Fsp3) is 0.500. The van der Waals surface area contributed by atoms with E-state index in [9.17, 15) is 23.8 Å². The topological polar surface area (TPSA) is 111 Å². The van der Waals surface area contributed by atoms with Crippen molar-refractivity contribution in [2.45, 2.75) is 24.4 Å². The van der Waals surface area contributed by atoms with Crippen LogP contribution in [0, 0.1) is 18.3 Å². The number of rotatable bonds is 3. The third kappa shape index (κ3) is 2.37. The van der Waals surface area contributed by atoms with Crippen LogP contribution in [-0.2, 0) is 4.74 Å². The lowest BCUT2D eigenvalue weighted by Crippen LogP contribution is -2.44. The zero-order valence-electron chi connectivity index (χ0n) is 10.7. The molecule has 0 unspecified atom stereocenters. The molecule has 114 valence electrons. The molecule has 2 rings (SSSR count). The zero-order chi connectivity index (χ0) is 15.8. The first-order chi connectivity index (χ1) is 9.86. The highest BCUT2D eigenvalue weighted by Crippen LogP contribution is 2.43. The van der Waals surface area contributed by atoms with E-state index in [-0.39, 0.29) is 5.82 Å². The van der Waals surface area contributed by atoms with Crippen molar-refractivity contribution in [1.82, 2.24) is 9.55 Å². The number of ether oxygens (including phenoxy) is 1. The number of halogens is 2. The molecule has 0 spiro atoms. The van der Waals surface area contributed by atoms with Crippen molar-refractivity contribution in [3.63, 3.8) is 0 Å². The Balaban J connectivity index is 2.52. The Morgan fingerprint density at radius 1 is 1.67 bits per heavy atom. The summed E-state index contributed by atoms with van der Waals surface area (Å²) in [7, 11) is 0. The van der Waals surface area contributed by atoms with E-state index in [1.807, 2.05) is 5.92 Å². The van der Waals surface area contributed by atoms with Crippen LogP contribution >= 0.6 is 0 Å². The number of aliphatic hydroxyl groups excluding tert-OH is 2. The Kier molecular flexibility index (Phi) is 3.95. The van der Waals surface area contributed by atoms with Gasteiger partial charge in [0.15, 0.2) is 11.8 Å². The van der Waals surface area contributed by atoms with E-state index in [1.165, 1.54) is 6.07 Å². The molecule has 9 heteroatoms. The Hall–Kier alpha value is -2.02. The molecule has 0 saturated carbocycles. The maximum Gasteiger partial charge on any atom is 0.351 e. The molecule has 1 aliphatic heterocycles. The molecule has 1 fully saturated rings. The maximum atomic E-state index is 13.2. The number of alkyl halides is 2. The van der Waals surface area contributed by atoms with Gasteiger partial charge in [-0.2, -0.15) is 4.98 Å². The number of terminal acetylenes is 1. The molecule has 1 aliphatic rings. The molecule has 2 heterocycles. The van der Waals surface area contributed by atoms with Crippen LogP contribution in [0.1, 0.15) is 6.23 Å². The van der Waals surface area contributed by atoms with Crippen LogP contribution in [0.3, 0.4) is 0 Å². The second-order valence-corrected chi connectivity index (χ2v) is 4.60. The van der Waals surface area contributed by atoms with Crippen LogP contribution in [0.15, 0.2) is 17.1 Å². The summed E-state index contributed by atoms with van der Waals surface area (Å²) >= 11 is 0. The molecule has 7 nitrogen and oxygen atoms in total. The van der Waals surface area contributed by atoms with Crippen molar-refractivity contribution >= 4 is 5.82 Å². The van der Waals surface area contributed by atoms with Crippen LogP contribution < -0.4 is 11.4 Å². The van der Waals surface area contributed by atoms with E-state index in [2.05, 4.69) is 4.98 Å². The third-order valence-corrected chi connectivity index (χ3v) is 3.40. The van der Waals surface area contributed by atoms with E-state index in [0.29, 0.717) is 0 Å². The summed E-state index contributed by atoms with van der Waals surface area (Å²) in [6, 6.07) is 1.22. The van der Waals surface area contributed by atoms with Gasteiger partial charge in [-0.25, -0.2) is 13.6 Å². The van der Waals surface area contributed by atoms with Gasteiger partial charge in [0.05, 0.1) is 12.5 Å². The molecule has 0 amide bonds. The largest absolute Gasteiger partial charge is 0.392 e. The number of nitrogens with zero attached hydrogens (tertiary/aromatic N) is 2. The van der Waals surface area contributed by atoms with E-state index in [0.717, 1.165) is 10.8 Å². The first kappa shape index (κ1) is 15.4. The second-order valence-electron chi connectivity index (χ2n) is 4.60. The van der Waals surface area contributed by atoms with E-state index in [1.54, 1.807) is 0 Å². The van der Waals surface area contributed by atoms with Gasteiger partial charge in [0.1, 0.15) is 11.9 Å². The first-order valence-electron chi connectivity index (χ1n) is 5.93. The molecule has 1 aromatic heterocycles. The summed E-state index contributed by atoms with van der Waals surface area (Å²) in [4.78, 5) is 15.1. The van der Waals surface area contributed by atoms with Crippen molar-refractivity contribution in [3.05, 3.63) is 22.7 Å². The highest BCUT2D eigenvalue weighted by molar-refractivity contribution is 5.24. The van der Waals surface area contributed by atoms with Crippen LogP contribution in [0.2, 0.25) is 0 Å². The van der Waals surface area contributed by atoms with Crippen LogP contribution in [0.25, 0.3) is 0 Å². The molecule has 0 aliphatic carbocycles. The second kappa shape index (κ2) is 5.40. The molecule has 4 N–H and O–H groups in total. The lowest BCUT2D eigenvalue weighted by molar-refractivity contribution is -0.0942. The van der Waals surface area contributed by atoms with Crippen LogP contribution in [0.5, 0.6) is 0 Å². The smallest absolute Gasteiger partial charge is 0.351 e. The first-order valence-corrected chi connectivity index (χ1v) is 5.93. The number of aromatic nitrogens is 2. The van der Waals surface area contributed by atoms with Gasteiger partial charge >= 0.3 is 5.69 Å². The van der Waals surface area contributed by atoms with Crippen molar-refractivity contribution < 1.29 is 23.7 Å². The molecule has 0 radical (unpaired) electrons. The van der Waals surface area contributed by atoms with Gasteiger partial charge in [0.25, 0.3) is 0 Å². The van der Waals surface area contributed by atoms with Gasteiger partial charge in [-0.05, 0) is 6.07 Å². The summed E-state index contributed by atoms with van der Waals surface area (Å²) in [5.41, 5.74) is 2.38. The molecular weight excluding hydrogens is 288 g/mol. The Morgan fingerprint density at radius 2 is 2.33 bits per heavy atom. The van der Waals surface area contributed by atoms with E-state index >= 15 is 0 Å². The minimum Gasteiger partial charge on any atom is -0.392 e. The zero-order valence-corrected chi connectivity index (χ0v) is 10.7. The molecule has 0 bridgehead atoms. The molecule has 4 atom stereocenters. The SMILES string of the molecule is C#C[C@]1(CO)O[C@@H](n2ccc(N)nc2=O)[C@H](C(F)F)[C@@H]1O. The van der Waals surface area contributed by atoms with Gasteiger partial charge in [0.2, 0.25) is 6.43 Å². The van der Waals surface area contributed by atoms with Gasteiger partial charge in [-0.3, -0.25) is 4.57 Å². The maximum absolute atomic E-state index is 13.2. The van der Waals surface area contributed by atoms with E-state index < -0.39 is 42.6 Å². The summed E-state index contributed by atoms with van der Waals surface area (Å²) in [5, 5.41) is 19.2. The Bertz CT molecular complexity index is 630. The number of nitrogens with two attached hydrogens (primary N) is 1. The van der Waals surface area contributed by atoms with Gasteiger partial charge in [-0.1, -0.05) is 5.92 Å². The minimum absolute atomic E-state index is 0.0891. The Morgan fingerprint density at radius 3 is 2.81 bits per heavy atom. The molecule has 21 heavy (non-hydrogen) atoms. The number of anilines is 1. The monoisotopic (exact) mass is 301 g/mol. The molecule has 0 aromatic carbocycles. The van der Waals surface area contributed by atoms with Crippen LogP contribution in [0.4, 0.5) is 14.6 Å². The van der Waals surface area contributed by atoms with Crippen molar-refractivity contribution in [2.24, 2.45) is 5.92 Å². The third-order valence-electron chi connectivity index (χ3n) is 3.40. The number of hydrogen-bond acceptors (Lipinski definition) is 6. The Labute approximate surface area is 118 Å². The van der Waals surface area contributed by atoms with Gasteiger partial charge in [-0.15, -0.1) is 6.42 Å². The average molecular weight is 301 g/mol. The summed E-state index contributed by atoms with van der Waals surface area (Å²) < 4.78 is 32.4.